The van der Waals surface area contributed by atoms with Gasteiger partial charge in [-0.05, 0) is 16.5 Å². The van der Waals surface area contributed by atoms with E-state index in [4.69, 9.17) is 0 Å². The van der Waals surface area contributed by atoms with E-state index in [1.807, 2.05) is 101 Å². The largest absolute Gasteiger partial charge is 0.350 e. The summed E-state index contributed by atoms with van der Waals surface area (Å²) in [6, 6.07) is 14.9. The SMILES string of the molecule is C=CCNCC(=O)N1CC(=O)N(Cc2cccc3c(C(=O)CC(C)(C)C)cn(C)c23)C[C@@H]1NC(=O)NCc1ccccc1.CC.CCC.[HH]. The Hall–Kier alpha value is -4.44. The van der Waals surface area contributed by atoms with Crippen molar-refractivity contribution in [2.75, 3.05) is 26.2 Å². The molecule has 1 saturated heterocycles. The zero-order valence-corrected chi connectivity index (χ0v) is 30.2. The standard InChI is InChI=1S/C33H42N6O4.C3H8.C2H6.H2/c1-6-15-34-18-29(41)39-22-30(42)38(21-28(39)36-32(43)35-17-23-11-8-7-9-12-23)19-24-13-10-14-25-26(20-37(5)31(24)25)27(40)16-33(2,3)4;1-3-2;1-2;/h6-14,20,28,34H,1,15-19,21-22H2,2-5H3,(H2,35,36,43);3H2,1-2H3;1-2H3;1H/t28-;;;/m1.../s1. The predicted molar refractivity (Wildman–Crippen MR) is 197 cm³/mol. The first-order valence-corrected chi connectivity index (χ1v) is 17.0. The maximum atomic E-state index is 13.4. The molecule has 1 aromatic heterocycles. The van der Waals surface area contributed by atoms with E-state index in [9.17, 15) is 19.2 Å². The van der Waals surface area contributed by atoms with Gasteiger partial charge in [0.1, 0.15) is 12.7 Å². The van der Waals surface area contributed by atoms with Gasteiger partial charge in [0.25, 0.3) is 0 Å². The molecule has 1 atom stereocenters. The summed E-state index contributed by atoms with van der Waals surface area (Å²) in [6.45, 7) is 19.0. The molecule has 2 aromatic carbocycles. The van der Waals surface area contributed by atoms with Crippen molar-refractivity contribution >= 4 is 34.5 Å². The molecular weight excluding hydrogens is 604 g/mol. The van der Waals surface area contributed by atoms with Gasteiger partial charge < -0.3 is 30.3 Å². The summed E-state index contributed by atoms with van der Waals surface area (Å²) < 4.78 is 1.93. The van der Waals surface area contributed by atoms with E-state index in [0.29, 0.717) is 25.1 Å². The number of ketones is 1. The van der Waals surface area contributed by atoms with Crippen molar-refractivity contribution in [3.8, 4) is 0 Å². The van der Waals surface area contributed by atoms with Crippen LogP contribution in [0, 0.1) is 5.41 Å². The van der Waals surface area contributed by atoms with E-state index >= 15 is 0 Å². The number of Topliss-reactive ketones (excluding diaryl/α,β-unsaturated/α-hetero) is 1. The average molecular weight is 663 g/mol. The first kappa shape index (κ1) is 39.7. The van der Waals surface area contributed by atoms with Gasteiger partial charge in [-0.1, -0.05) is 109 Å². The molecule has 0 unspecified atom stereocenters. The van der Waals surface area contributed by atoms with Crippen molar-refractivity contribution in [3.05, 3.63) is 84.1 Å². The number of hydrogen-bond acceptors (Lipinski definition) is 5. The number of hydrogen-bond donors (Lipinski definition) is 3. The molecule has 0 bridgehead atoms. The third-order valence-corrected chi connectivity index (χ3v) is 7.34. The number of piperazine rings is 1. The number of aromatic nitrogens is 1. The Kier molecular flexibility index (Phi) is 16.1. The number of benzene rings is 2. The molecule has 1 fully saturated rings. The quantitative estimate of drug-likeness (QED) is 0.127. The predicted octanol–water partition coefficient (Wildman–Crippen LogP) is 6.26. The molecule has 4 amide bonds. The molecule has 4 rings (SSSR count). The molecule has 0 saturated carbocycles. The summed E-state index contributed by atoms with van der Waals surface area (Å²) in [7, 11) is 1.90. The Labute approximate surface area is 288 Å². The van der Waals surface area contributed by atoms with Gasteiger partial charge in [-0.3, -0.25) is 14.4 Å². The first-order valence-electron chi connectivity index (χ1n) is 17.0. The number of urea groups is 1. The lowest BCUT2D eigenvalue weighted by Crippen LogP contribution is -2.65. The molecule has 1 aliphatic heterocycles. The van der Waals surface area contributed by atoms with Crippen molar-refractivity contribution in [1.82, 2.24) is 30.3 Å². The maximum Gasteiger partial charge on any atom is 0.316 e. The van der Waals surface area contributed by atoms with Crippen molar-refractivity contribution in [3.63, 3.8) is 0 Å². The van der Waals surface area contributed by atoms with Crippen LogP contribution in [0.15, 0.2) is 67.4 Å². The van der Waals surface area contributed by atoms with Crippen molar-refractivity contribution in [2.45, 2.75) is 80.6 Å². The Bertz CT molecular complexity index is 1520. The molecule has 1 aliphatic rings. The number of rotatable bonds is 11. The molecule has 3 aromatic rings. The van der Waals surface area contributed by atoms with Gasteiger partial charge in [0, 0.05) is 51.7 Å². The van der Waals surface area contributed by atoms with Gasteiger partial charge >= 0.3 is 6.03 Å². The lowest BCUT2D eigenvalue weighted by Gasteiger charge is -2.41. The highest BCUT2D eigenvalue weighted by atomic mass is 16.2. The Balaban J connectivity index is 0.00000189. The normalized spacial score (nSPS) is 14.3. The monoisotopic (exact) mass is 662 g/mol. The molecule has 3 N–H and O–H groups in total. The lowest BCUT2D eigenvalue weighted by atomic mass is 9.88. The highest BCUT2D eigenvalue weighted by Crippen LogP contribution is 2.29. The number of carbonyl (C=O) groups is 4. The number of nitrogens with zero attached hydrogens (tertiary/aromatic N) is 3. The van der Waals surface area contributed by atoms with Crippen LogP contribution in [-0.4, -0.2) is 70.3 Å². The van der Waals surface area contributed by atoms with Crippen LogP contribution in [0.2, 0.25) is 0 Å². The van der Waals surface area contributed by atoms with E-state index in [-0.39, 0.29) is 50.6 Å². The summed E-state index contributed by atoms with van der Waals surface area (Å²) in [5.41, 5.74) is 3.22. The maximum absolute atomic E-state index is 13.4. The lowest BCUT2D eigenvalue weighted by molar-refractivity contribution is -0.149. The molecule has 264 valence electrons. The molecule has 2 heterocycles. The van der Waals surface area contributed by atoms with Gasteiger partial charge in [0.2, 0.25) is 11.8 Å². The summed E-state index contributed by atoms with van der Waals surface area (Å²) in [6.07, 6.45) is 4.45. The molecular formula is C38H58N6O4. The minimum absolute atomic E-state index is 0. The summed E-state index contributed by atoms with van der Waals surface area (Å²) >= 11 is 0. The topological polar surface area (TPSA) is 116 Å². The van der Waals surface area contributed by atoms with Gasteiger partial charge in [-0.25, -0.2) is 4.79 Å². The van der Waals surface area contributed by atoms with Crippen LogP contribution in [-0.2, 0) is 29.7 Å². The molecule has 0 spiro atoms. The van der Waals surface area contributed by atoms with Gasteiger partial charge in [-0.2, -0.15) is 0 Å². The van der Waals surface area contributed by atoms with E-state index in [2.05, 4.69) is 36.4 Å². The van der Waals surface area contributed by atoms with Crippen LogP contribution in [0.1, 0.15) is 84.2 Å². The molecule has 10 heteroatoms. The Morgan fingerprint density at radius 1 is 1.04 bits per heavy atom. The smallest absolute Gasteiger partial charge is 0.316 e. The van der Waals surface area contributed by atoms with Crippen LogP contribution in [0.5, 0.6) is 0 Å². The van der Waals surface area contributed by atoms with Crippen LogP contribution in [0.4, 0.5) is 4.79 Å². The highest BCUT2D eigenvalue weighted by Gasteiger charge is 2.36. The minimum atomic E-state index is -0.733. The number of para-hydroxylation sites is 1. The number of nitrogens with one attached hydrogen (secondary N) is 3. The van der Waals surface area contributed by atoms with Gasteiger partial charge in [0.05, 0.1) is 18.6 Å². The average Bonchev–Trinajstić information content (AvgIpc) is 3.40. The fourth-order valence-corrected chi connectivity index (χ4v) is 5.35. The molecule has 0 radical (unpaired) electrons. The van der Waals surface area contributed by atoms with Crippen LogP contribution in [0.3, 0.4) is 0 Å². The first-order chi connectivity index (χ1) is 22.9. The number of carbonyl (C=O) groups excluding carboxylic acids is 4. The highest BCUT2D eigenvalue weighted by molar-refractivity contribution is 6.09. The van der Waals surface area contributed by atoms with E-state index in [1.165, 1.54) is 11.3 Å². The number of amides is 4. The third-order valence-electron chi connectivity index (χ3n) is 7.34. The second kappa shape index (κ2) is 19.4. The molecule has 48 heavy (non-hydrogen) atoms. The van der Waals surface area contributed by atoms with Crippen molar-refractivity contribution < 1.29 is 20.6 Å². The second-order valence-electron chi connectivity index (χ2n) is 12.9. The molecule has 0 aliphatic carbocycles. The number of aryl methyl sites for hydroxylation is 1. The number of fused-ring (bicyclic) bond motifs is 1. The second-order valence-corrected chi connectivity index (χ2v) is 12.9. The van der Waals surface area contributed by atoms with Gasteiger partial charge in [-0.15, -0.1) is 6.58 Å². The summed E-state index contributed by atoms with van der Waals surface area (Å²) in [5, 5.41) is 9.56. The van der Waals surface area contributed by atoms with E-state index in [0.717, 1.165) is 22.0 Å². The summed E-state index contributed by atoms with van der Waals surface area (Å²) in [4.78, 5) is 55.6. The fraction of sp³-hybridized carbons (Fsp3) is 0.474. The zero-order valence-electron chi connectivity index (χ0n) is 30.2. The van der Waals surface area contributed by atoms with Crippen molar-refractivity contribution in [2.24, 2.45) is 12.5 Å². The van der Waals surface area contributed by atoms with Crippen LogP contribution >= 0.6 is 0 Å². The molecule has 10 nitrogen and oxygen atoms in total. The van der Waals surface area contributed by atoms with Crippen LogP contribution in [0.25, 0.3) is 10.9 Å². The van der Waals surface area contributed by atoms with E-state index in [1.54, 1.807) is 11.0 Å². The third kappa shape index (κ3) is 11.7. The minimum Gasteiger partial charge on any atom is -0.350 e. The Morgan fingerprint density at radius 3 is 2.33 bits per heavy atom. The van der Waals surface area contributed by atoms with E-state index < -0.39 is 12.2 Å². The zero-order chi connectivity index (χ0) is 35.9. The van der Waals surface area contributed by atoms with Crippen LogP contribution < -0.4 is 16.0 Å². The Morgan fingerprint density at radius 2 is 1.71 bits per heavy atom. The van der Waals surface area contributed by atoms with Gasteiger partial charge in [0.15, 0.2) is 5.78 Å². The summed E-state index contributed by atoms with van der Waals surface area (Å²) in [5.74, 6) is -0.445. The fourth-order valence-electron chi connectivity index (χ4n) is 5.35. The van der Waals surface area contributed by atoms with Crippen molar-refractivity contribution in [1.29, 1.82) is 0 Å².